The smallest absolute Gasteiger partial charge is 0.0192 e. The molecular weight excluding hydrogens is 124 g/mol. The zero-order valence-corrected chi connectivity index (χ0v) is 7.06. The molecule has 0 unspecified atom stereocenters. The van der Waals surface area contributed by atoms with Gasteiger partial charge in [0.05, 0.1) is 0 Å². The third-order valence-corrected chi connectivity index (χ3v) is 2.26. The molecule has 1 aliphatic rings. The predicted molar refractivity (Wildman–Crippen MR) is 44.2 cm³/mol. The second-order valence-corrected chi connectivity index (χ2v) is 3.15. The summed E-state index contributed by atoms with van der Waals surface area (Å²) >= 11 is 0. The molecule has 60 valence electrons. The van der Waals surface area contributed by atoms with Crippen molar-refractivity contribution in [1.29, 1.82) is 0 Å². The highest BCUT2D eigenvalue weighted by Gasteiger charge is 2.16. The number of hydrogen-bond donors (Lipinski definition) is 1. The van der Waals surface area contributed by atoms with Crippen molar-refractivity contribution >= 4 is 0 Å². The van der Waals surface area contributed by atoms with Gasteiger partial charge in [-0.2, -0.15) is 0 Å². The summed E-state index contributed by atoms with van der Waals surface area (Å²) in [7, 11) is 2.02. The summed E-state index contributed by atoms with van der Waals surface area (Å²) in [6.07, 6.45) is 2.79. The molecular formula is C8H18N2. The third kappa shape index (κ3) is 1.96. The van der Waals surface area contributed by atoms with Gasteiger partial charge in [-0.3, -0.25) is 4.90 Å². The summed E-state index contributed by atoms with van der Waals surface area (Å²) in [4.78, 5) is 2.55. The Bertz CT molecular complexity index is 87.3. The molecule has 1 aliphatic heterocycles. The minimum Gasteiger partial charge on any atom is -0.318 e. The first-order chi connectivity index (χ1) is 4.84. The molecule has 0 aromatic heterocycles. The molecule has 0 amide bonds. The standard InChI is InChI=1S/C8H18N2/c1-8(7-9-2)10-5-3-4-6-10/h8-9H,3-7H2,1-2H3/t8-/m1/s1. The summed E-state index contributed by atoms with van der Waals surface area (Å²) in [6, 6.07) is 0.729. The molecule has 10 heavy (non-hydrogen) atoms. The molecule has 2 heteroatoms. The molecule has 2 nitrogen and oxygen atoms in total. The molecule has 1 saturated heterocycles. The number of rotatable bonds is 3. The maximum absolute atomic E-state index is 3.20. The van der Waals surface area contributed by atoms with Crippen molar-refractivity contribution in [2.24, 2.45) is 0 Å². The van der Waals surface area contributed by atoms with E-state index >= 15 is 0 Å². The lowest BCUT2D eigenvalue weighted by atomic mass is 10.3. The Labute approximate surface area is 63.6 Å². The van der Waals surface area contributed by atoms with E-state index in [1.165, 1.54) is 25.9 Å². The highest BCUT2D eigenvalue weighted by molar-refractivity contribution is 4.73. The minimum absolute atomic E-state index is 0.729. The van der Waals surface area contributed by atoms with Gasteiger partial charge in [-0.15, -0.1) is 0 Å². The fraction of sp³-hybridized carbons (Fsp3) is 1.00. The van der Waals surface area contributed by atoms with Crippen LogP contribution < -0.4 is 5.32 Å². The van der Waals surface area contributed by atoms with Crippen LogP contribution in [0.25, 0.3) is 0 Å². The lowest BCUT2D eigenvalue weighted by Gasteiger charge is -2.22. The van der Waals surface area contributed by atoms with Crippen LogP contribution in [0.1, 0.15) is 19.8 Å². The van der Waals surface area contributed by atoms with Crippen LogP contribution >= 0.6 is 0 Å². The van der Waals surface area contributed by atoms with E-state index in [0.717, 1.165) is 12.6 Å². The van der Waals surface area contributed by atoms with Crippen LogP contribution in [0.15, 0.2) is 0 Å². The SMILES string of the molecule is CNC[C@@H](C)N1CCCC1. The molecule has 1 rings (SSSR count). The zero-order chi connectivity index (χ0) is 7.40. The minimum atomic E-state index is 0.729. The molecule has 0 aromatic carbocycles. The van der Waals surface area contributed by atoms with Gasteiger partial charge in [0, 0.05) is 12.6 Å². The maximum atomic E-state index is 3.20. The molecule has 0 radical (unpaired) electrons. The Morgan fingerprint density at radius 1 is 1.40 bits per heavy atom. The first-order valence-electron chi connectivity index (χ1n) is 4.23. The van der Waals surface area contributed by atoms with Crippen molar-refractivity contribution in [3.8, 4) is 0 Å². The summed E-state index contributed by atoms with van der Waals surface area (Å²) in [5, 5.41) is 3.20. The lowest BCUT2D eigenvalue weighted by Crippen LogP contribution is -2.37. The van der Waals surface area contributed by atoms with Gasteiger partial charge in [-0.1, -0.05) is 0 Å². The number of likely N-dealkylation sites (tertiary alicyclic amines) is 1. The van der Waals surface area contributed by atoms with E-state index in [1.807, 2.05) is 7.05 Å². The van der Waals surface area contributed by atoms with Gasteiger partial charge in [0.1, 0.15) is 0 Å². The average Bonchev–Trinajstić information content (AvgIpc) is 2.38. The summed E-state index contributed by atoms with van der Waals surface area (Å²) < 4.78 is 0. The largest absolute Gasteiger partial charge is 0.318 e. The molecule has 1 fully saturated rings. The molecule has 0 saturated carbocycles. The Morgan fingerprint density at radius 2 is 2.00 bits per heavy atom. The molecule has 1 heterocycles. The summed E-state index contributed by atoms with van der Waals surface area (Å²) in [5.41, 5.74) is 0. The lowest BCUT2D eigenvalue weighted by molar-refractivity contribution is 0.255. The van der Waals surface area contributed by atoms with Crippen LogP contribution in [0.3, 0.4) is 0 Å². The van der Waals surface area contributed by atoms with E-state index in [2.05, 4.69) is 17.1 Å². The second-order valence-electron chi connectivity index (χ2n) is 3.15. The van der Waals surface area contributed by atoms with E-state index in [9.17, 15) is 0 Å². The Morgan fingerprint density at radius 3 is 2.50 bits per heavy atom. The van der Waals surface area contributed by atoms with Gasteiger partial charge in [0.2, 0.25) is 0 Å². The van der Waals surface area contributed by atoms with Crippen molar-refractivity contribution in [2.45, 2.75) is 25.8 Å². The van der Waals surface area contributed by atoms with Crippen molar-refractivity contribution in [2.75, 3.05) is 26.7 Å². The number of likely N-dealkylation sites (N-methyl/N-ethyl adjacent to an activating group) is 1. The highest BCUT2D eigenvalue weighted by Crippen LogP contribution is 2.10. The van der Waals surface area contributed by atoms with E-state index in [1.54, 1.807) is 0 Å². The maximum Gasteiger partial charge on any atom is 0.0192 e. The normalized spacial score (nSPS) is 23.4. The van der Waals surface area contributed by atoms with E-state index in [-0.39, 0.29) is 0 Å². The molecule has 1 N–H and O–H groups in total. The number of nitrogens with zero attached hydrogens (tertiary/aromatic N) is 1. The van der Waals surface area contributed by atoms with Crippen LogP contribution in [-0.2, 0) is 0 Å². The predicted octanol–water partition coefficient (Wildman–Crippen LogP) is 0.690. The van der Waals surface area contributed by atoms with Gasteiger partial charge in [-0.25, -0.2) is 0 Å². The van der Waals surface area contributed by atoms with Crippen LogP contribution in [0.4, 0.5) is 0 Å². The van der Waals surface area contributed by atoms with Crippen molar-refractivity contribution in [3.63, 3.8) is 0 Å². The van der Waals surface area contributed by atoms with Crippen LogP contribution in [0.5, 0.6) is 0 Å². The van der Waals surface area contributed by atoms with Crippen LogP contribution in [0, 0.1) is 0 Å². The summed E-state index contributed by atoms with van der Waals surface area (Å²) in [5.74, 6) is 0. The number of hydrogen-bond acceptors (Lipinski definition) is 2. The third-order valence-electron chi connectivity index (χ3n) is 2.26. The van der Waals surface area contributed by atoms with Crippen molar-refractivity contribution < 1.29 is 0 Å². The Kier molecular flexibility index (Phi) is 3.16. The molecule has 0 aliphatic carbocycles. The Balaban J connectivity index is 2.18. The van der Waals surface area contributed by atoms with Gasteiger partial charge in [-0.05, 0) is 39.9 Å². The Hall–Kier alpha value is -0.0800. The topological polar surface area (TPSA) is 15.3 Å². The second kappa shape index (κ2) is 3.94. The molecule has 0 bridgehead atoms. The van der Waals surface area contributed by atoms with Gasteiger partial charge in [0.25, 0.3) is 0 Å². The monoisotopic (exact) mass is 142 g/mol. The first kappa shape index (κ1) is 8.02. The van der Waals surface area contributed by atoms with Gasteiger partial charge < -0.3 is 5.32 Å². The highest BCUT2D eigenvalue weighted by atomic mass is 15.2. The van der Waals surface area contributed by atoms with E-state index in [4.69, 9.17) is 0 Å². The van der Waals surface area contributed by atoms with Gasteiger partial charge >= 0.3 is 0 Å². The number of nitrogens with one attached hydrogen (secondary N) is 1. The fourth-order valence-corrected chi connectivity index (χ4v) is 1.61. The van der Waals surface area contributed by atoms with Crippen LogP contribution in [-0.4, -0.2) is 37.6 Å². The van der Waals surface area contributed by atoms with Gasteiger partial charge in [0.15, 0.2) is 0 Å². The molecule has 0 spiro atoms. The van der Waals surface area contributed by atoms with Crippen molar-refractivity contribution in [1.82, 2.24) is 10.2 Å². The van der Waals surface area contributed by atoms with E-state index in [0.29, 0.717) is 0 Å². The molecule has 1 atom stereocenters. The summed E-state index contributed by atoms with van der Waals surface area (Å²) in [6.45, 7) is 6.04. The average molecular weight is 142 g/mol. The molecule has 0 aromatic rings. The van der Waals surface area contributed by atoms with Crippen molar-refractivity contribution in [3.05, 3.63) is 0 Å². The zero-order valence-electron chi connectivity index (χ0n) is 7.06. The first-order valence-corrected chi connectivity index (χ1v) is 4.23. The quantitative estimate of drug-likeness (QED) is 0.623. The fourth-order valence-electron chi connectivity index (χ4n) is 1.61. The van der Waals surface area contributed by atoms with Crippen LogP contribution in [0.2, 0.25) is 0 Å². The van der Waals surface area contributed by atoms with E-state index < -0.39 is 0 Å².